The van der Waals surface area contributed by atoms with Crippen molar-refractivity contribution in [1.82, 2.24) is 5.32 Å². The molecule has 3 heteroatoms. The second kappa shape index (κ2) is 6.44. The van der Waals surface area contributed by atoms with E-state index in [-0.39, 0.29) is 0 Å². The Morgan fingerprint density at radius 1 is 1.00 bits per heavy atom. The molecule has 110 valence electrons. The predicted octanol–water partition coefficient (Wildman–Crippen LogP) is 4.38. The highest BCUT2D eigenvalue weighted by molar-refractivity contribution is 5.70. The Labute approximate surface area is 126 Å². The minimum Gasteiger partial charge on any atom is -0.444 e. The zero-order valence-electron chi connectivity index (χ0n) is 12.7. The number of nitrogens with one attached hydrogen (secondary N) is 1. The maximum absolute atomic E-state index is 11.7. The van der Waals surface area contributed by atoms with E-state index in [0.29, 0.717) is 6.54 Å². The van der Waals surface area contributed by atoms with Crippen LogP contribution in [-0.4, -0.2) is 11.7 Å². The van der Waals surface area contributed by atoms with Crippen LogP contribution >= 0.6 is 0 Å². The van der Waals surface area contributed by atoms with Crippen molar-refractivity contribution < 1.29 is 9.53 Å². The average Bonchev–Trinajstić information content (AvgIpc) is 2.45. The summed E-state index contributed by atoms with van der Waals surface area (Å²) >= 11 is 0. The molecule has 0 aliphatic heterocycles. The molecule has 0 aromatic heterocycles. The molecule has 2 aromatic carbocycles. The van der Waals surface area contributed by atoms with Crippen molar-refractivity contribution in [3.05, 3.63) is 60.2 Å². The molecule has 0 bridgehead atoms. The molecule has 1 N–H and O–H groups in total. The fourth-order valence-electron chi connectivity index (χ4n) is 2.06. The first-order valence-corrected chi connectivity index (χ1v) is 7.06. The van der Waals surface area contributed by atoms with Crippen LogP contribution in [0.1, 0.15) is 26.3 Å². The monoisotopic (exact) mass is 283 g/mol. The number of benzene rings is 2. The second-order valence-corrected chi connectivity index (χ2v) is 5.88. The molecule has 21 heavy (non-hydrogen) atoms. The maximum Gasteiger partial charge on any atom is 0.407 e. The van der Waals surface area contributed by atoms with Crippen molar-refractivity contribution in [1.29, 1.82) is 0 Å². The van der Waals surface area contributed by atoms with Crippen LogP contribution in [0.15, 0.2) is 54.6 Å². The van der Waals surface area contributed by atoms with Crippen molar-refractivity contribution in [3.8, 4) is 11.1 Å². The predicted molar refractivity (Wildman–Crippen MR) is 85.0 cm³/mol. The summed E-state index contributed by atoms with van der Waals surface area (Å²) in [5, 5.41) is 2.80. The molecule has 0 atom stereocenters. The van der Waals surface area contributed by atoms with Crippen LogP contribution in [0.25, 0.3) is 11.1 Å². The summed E-state index contributed by atoms with van der Waals surface area (Å²) in [6.07, 6.45) is -0.398. The summed E-state index contributed by atoms with van der Waals surface area (Å²) in [6.45, 7) is 6.00. The minimum atomic E-state index is -0.483. The lowest BCUT2D eigenvalue weighted by Gasteiger charge is -2.20. The summed E-state index contributed by atoms with van der Waals surface area (Å²) in [6, 6.07) is 18.2. The summed E-state index contributed by atoms with van der Waals surface area (Å²) in [7, 11) is 0. The minimum absolute atomic E-state index is 0.398. The first kappa shape index (κ1) is 15.1. The van der Waals surface area contributed by atoms with Gasteiger partial charge >= 0.3 is 6.09 Å². The lowest BCUT2D eigenvalue weighted by atomic mass is 10.00. The van der Waals surface area contributed by atoms with Crippen molar-refractivity contribution in [3.63, 3.8) is 0 Å². The Bertz CT molecular complexity index is 600. The van der Waals surface area contributed by atoms with Crippen LogP contribution in [-0.2, 0) is 11.3 Å². The molecule has 1 amide bonds. The molecule has 2 aromatic rings. The fraction of sp³-hybridized carbons (Fsp3) is 0.278. The van der Waals surface area contributed by atoms with E-state index in [1.165, 1.54) is 0 Å². The highest BCUT2D eigenvalue weighted by atomic mass is 16.6. The molecular weight excluding hydrogens is 262 g/mol. The van der Waals surface area contributed by atoms with E-state index < -0.39 is 11.7 Å². The van der Waals surface area contributed by atoms with Crippen LogP contribution in [0.3, 0.4) is 0 Å². The Morgan fingerprint density at radius 2 is 1.62 bits per heavy atom. The van der Waals surface area contributed by atoms with Gasteiger partial charge in [0.15, 0.2) is 0 Å². The number of alkyl carbamates (subject to hydrolysis) is 1. The second-order valence-electron chi connectivity index (χ2n) is 5.88. The zero-order valence-corrected chi connectivity index (χ0v) is 12.7. The number of amides is 1. The van der Waals surface area contributed by atoms with Crippen molar-refractivity contribution in [2.75, 3.05) is 0 Å². The third-order valence-corrected chi connectivity index (χ3v) is 2.92. The van der Waals surface area contributed by atoms with Crippen LogP contribution in [0.2, 0.25) is 0 Å². The van der Waals surface area contributed by atoms with E-state index >= 15 is 0 Å². The highest BCUT2D eigenvalue weighted by Gasteiger charge is 2.16. The Morgan fingerprint density at radius 3 is 2.29 bits per heavy atom. The molecule has 0 fully saturated rings. The number of hydrogen-bond acceptors (Lipinski definition) is 2. The van der Waals surface area contributed by atoms with Gasteiger partial charge in [-0.3, -0.25) is 0 Å². The van der Waals surface area contributed by atoms with Gasteiger partial charge in [0, 0.05) is 6.54 Å². The van der Waals surface area contributed by atoms with Gasteiger partial charge in [-0.2, -0.15) is 0 Å². The molecule has 2 rings (SSSR count). The Kier molecular flexibility index (Phi) is 4.63. The number of carbonyl (C=O) groups excluding carboxylic acids is 1. The van der Waals surface area contributed by atoms with Crippen LogP contribution in [0, 0.1) is 0 Å². The van der Waals surface area contributed by atoms with Gasteiger partial charge in [-0.15, -0.1) is 0 Å². The van der Waals surface area contributed by atoms with Crippen LogP contribution in [0.5, 0.6) is 0 Å². The van der Waals surface area contributed by atoms with Gasteiger partial charge in [-0.25, -0.2) is 4.79 Å². The number of ether oxygens (including phenoxy) is 1. The van der Waals surface area contributed by atoms with Crippen LogP contribution < -0.4 is 5.32 Å². The Hall–Kier alpha value is -2.29. The standard InChI is InChI=1S/C18H21NO2/c1-18(2,3)21-17(20)19-13-15-11-7-8-12-16(15)14-9-5-4-6-10-14/h4-12H,13H2,1-3H3,(H,19,20). The largest absolute Gasteiger partial charge is 0.444 e. The first-order valence-electron chi connectivity index (χ1n) is 7.06. The smallest absolute Gasteiger partial charge is 0.407 e. The van der Waals surface area contributed by atoms with Crippen molar-refractivity contribution in [2.24, 2.45) is 0 Å². The fourth-order valence-corrected chi connectivity index (χ4v) is 2.06. The topological polar surface area (TPSA) is 38.3 Å². The molecule has 0 saturated carbocycles. The van der Waals surface area contributed by atoms with E-state index in [0.717, 1.165) is 16.7 Å². The van der Waals surface area contributed by atoms with E-state index in [2.05, 4.69) is 23.5 Å². The summed E-state index contributed by atoms with van der Waals surface area (Å²) < 4.78 is 5.25. The van der Waals surface area contributed by atoms with Gasteiger partial charge in [-0.05, 0) is 37.5 Å². The summed E-state index contributed by atoms with van der Waals surface area (Å²) in [4.78, 5) is 11.7. The number of hydrogen-bond donors (Lipinski definition) is 1. The molecule has 0 radical (unpaired) electrons. The van der Waals surface area contributed by atoms with Gasteiger partial charge in [-0.1, -0.05) is 54.6 Å². The lowest BCUT2D eigenvalue weighted by Crippen LogP contribution is -2.32. The molecule has 3 nitrogen and oxygen atoms in total. The van der Waals surface area contributed by atoms with Gasteiger partial charge < -0.3 is 10.1 Å². The van der Waals surface area contributed by atoms with Gasteiger partial charge in [0.1, 0.15) is 5.60 Å². The SMILES string of the molecule is CC(C)(C)OC(=O)NCc1ccccc1-c1ccccc1. The maximum atomic E-state index is 11.7. The van der Waals surface area contributed by atoms with Gasteiger partial charge in [0.25, 0.3) is 0 Å². The molecular formula is C18H21NO2. The third-order valence-electron chi connectivity index (χ3n) is 2.92. The quantitative estimate of drug-likeness (QED) is 0.908. The van der Waals surface area contributed by atoms with Crippen LogP contribution in [0.4, 0.5) is 4.79 Å². The zero-order chi connectivity index (χ0) is 15.3. The number of carbonyl (C=O) groups is 1. The Balaban J connectivity index is 2.10. The molecule has 0 heterocycles. The molecule has 0 saturated heterocycles. The average molecular weight is 283 g/mol. The van der Waals surface area contributed by atoms with Crippen molar-refractivity contribution in [2.45, 2.75) is 32.9 Å². The summed E-state index contributed by atoms with van der Waals surface area (Å²) in [5.74, 6) is 0. The molecule has 0 aliphatic carbocycles. The highest BCUT2D eigenvalue weighted by Crippen LogP contribution is 2.23. The van der Waals surface area contributed by atoms with E-state index in [4.69, 9.17) is 4.74 Å². The van der Waals surface area contributed by atoms with Crippen molar-refractivity contribution >= 4 is 6.09 Å². The third kappa shape index (κ3) is 4.63. The van der Waals surface area contributed by atoms with Gasteiger partial charge in [0.05, 0.1) is 0 Å². The first-order chi connectivity index (χ1) is 9.96. The van der Waals surface area contributed by atoms with Gasteiger partial charge in [0.2, 0.25) is 0 Å². The number of rotatable bonds is 3. The molecule has 0 spiro atoms. The molecule has 0 unspecified atom stereocenters. The molecule has 0 aliphatic rings. The lowest BCUT2D eigenvalue weighted by molar-refractivity contribution is 0.0523. The van der Waals surface area contributed by atoms with E-state index in [1.807, 2.05) is 57.2 Å². The normalized spacial score (nSPS) is 11.0. The summed E-state index contributed by atoms with van der Waals surface area (Å²) in [5.41, 5.74) is 2.84. The van der Waals surface area contributed by atoms with E-state index in [1.54, 1.807) is 0 Å². The van der Waals surface area contributed by atoms with E-state index in [9.17, 15) is 4.79 Å².